The van der Waals surface area contributed by atoms with Crippen LogP contribution >= 0.6 is 31.9 Å². The van der Waals surface area contributed by atoms with Crippen molar-refractivity contribution in [2.45, 2.75) is 26.3 Å². The molecule has 68 valence electrons. The molecule has 3 nitrogen and oxygen atoms in total. The molecule has 0 radical (unpaired) electrons. The lowest BCUT2D eigenvalue weighted by atomic mass is 10.1. The van der Waals surface area contributed by atoms with E-state index < -0.39 is 0 Å². The van der Waals surface area contributed by atoms with Gasteiger partial charge in [-0.2, -0.15) is 5.10 Å². The first-order valence-electron chi connectivity index (χ1n) is 3.54. The van der Waals surface area contributed by atoms with Gasteiger partial charge in [-0.3, -0.25) is 0 Å². The number of nitrogens with zero attached hydrogens (tertiary/aromatic N) is 2. The zero-order chi connectivity index (χ0) is 9.52. The fourth-order valence-electron chi connectivity index (χ4n) is 0.829. The van der Waals surface area contributed by atoms with E-state index in [2.05, 4.69) is 57.7 Å². The van der Waals surface area contributed by atoms with Gasteiger partial charge in [0, 0.05) is 0 Å². The molecule has 1 aromatic heterocycles. The minimum Gasteiger partial charge on any atom is -0.394 e. The molecule has 1 heterocycles. The van der Waals surface area contributed by atoms with Crippen LogP contribution in [0.1, 0.15) is 20.8 Å². The van der Waals surface area contributed by atoms with Crippen molar-refractivity contribution in [1.82, 2.24) is 9.78 Å². The summed E-state index contributed by atoms with van der Waals surface area (Å²) < 4.78 is 3.35. The van der Waals surface area contributed by atoms with Crippen molar-refractivity contribution in [2.75, 3.05) is 5.73 Å². The molecule has 0 amide bonds. The van der Waals surface area contributed by atoms with Crippen LogP contribution in [0.5, 0.6) is 0 Å². The van der Waals surface area contributed by atoms with Gasteiger partial charge >= 0.3 is 0 Å². The molecule has 0 saturated heterocycles. The van der Waals surface area contributed by atoms with Crippen LogP contribution < -0.4 is 5.73 Å². The van der Waals surface area contributed by atoms with Crippen molar-refractivity contribution < 1.29 is 0 Å². The molecule has 1 aromatic rings. The van der Waals surface area contributed by atoms with Crippen LogP contribution in [0.2, 0.25) is 0 Å². The van der Waals surface area contributed by atoms with Gasteiger partial charge in [0.05, 0.1) is 11.2 Å². The maximum Gasteiger partial charge on any atom is 0.152 e. The summed E-state index contributed by atoms with van der Waals surface area (Å²) in [5.74, 6) is 0. The van der Waals surface area contributed by atoms with E-state index in [4.69, 9.17) is 5.73 Å². The lowest BCUT2D eigenvalue weighted by Gasteiger charge is -2.20. The predicted octanol–water partition coefficient (Wildman–Crippen LogP) is 2.75. The second kappa shape index (κ2) is 3.03. The van der Waals surface area contributed by atoms with E-state index in [1.54, 1.807) is 0 Å². The first-order chi connectivity index (χ1) is 5.34. The van der Waals surface area contributed by atoms with Crippen LogP contribution in [0.4, 0.5) is 5.69 Å². The molecule has 5 heteroatoms. The molecule has 0 aliphatic carbocycles. The third-order valence-corrected chi connectivity index (χ3v) is 2.80. The predicted molar refractivity (Wildman–Crippen MR) is 57.0 cm³/mol. The maximum absolute atomic E-state index is 5.72. The van der Waals surface area contributed by atoms with Gasteiger partial charge in [-0.15, -0.1) is 0 Å². The highest BCUT2D eigenvalue weighted by atomic mass is 79.9. The third kappa shape index (κ3) is 1.66. The zero-order valence-corrected chi connectivity index (χ0v) is 10.4. The number of nitrogens with two attached hydrogens (primary N) is 1. The Labute approximate surface area is 88.6 Å². The monoisotopic (exact) mass is 295 g/mol. The van der Waals surface area contributed by atoms with Crippen molar-refractivity contribution in [3.8, 4) is 0 Å². The Morgan fingerprint density at radius 3 is 2.00 bits per heavy atom. The van der Waals surface area contributed by atoms with Gasteiger partial charge in [0.1, 0.15) is 4.60 Å². The van der Waals surface area contributed by atoms with Gasteiger partial charge < -0.3 is 5.73 Å². The summed E-state index contributed by atoms with van der Waals surface area (Å²) in [5.41, 5.74) is 6.31. The molecule has 0 unspecified atom stereocenters. The topological polar surface area (TPSA) is 43.8 Å². The molecular formula is C7H11Br2N3. The fourth-order valence-corrected chi connectivity index (χ4v) is 2.24. The fraction of sp³-hybridized carbons (Fsp3) is 0.571. The smallest absolute Gasteiger partial charge is 0.152 e. The molecule has 0 aliphatic rings. The second-order valence-corrected chi connectivity index (χ2v) is 5.08. The van der Waals surface area contributed by atoms with Crippen molar-refractivity contribution in [1.29, 1.82) is 0 Å². The number of rotatable bonds is 0. The molecule has 0 atom stereocenters. The maximum atomic E-state index is 5.72. The summed E-state index contributed by atoms with van der Waals surface area (Å²) in [7, 11) is 0. The van der Waals surface area contributed by atoms with Crippen LogP contribution in [0.3, 0.4) is 0 Å². The number of aromatic nitrogens is 2. The van der Waals surface area contributed by atoms with Crippen molar-refractivity contribution in [3.63, 3.8) is 0 Å². The van der Waals surface area contributed by atoms with E-state index in [1.165, 1.54) is 0 Å². The standard InChI is InChI=1S/C7H11Br2N3/c1-7(2,3)12-6(9)4(10)5(8)11-12/h10H2,1-3H3. The summed E-state index contributed by atoms with van der Waals surface area (Å²) in [6.45, 7) is 6.20. The lowest BCUT2D eigenvalue weighted by molar-refractivity contribution is 0.347. The molecule has 0 aromatic carbocycles. The van der Waals surface area contributed by atoms with Crippen LogP contribution in [-0.4, -0.2) is 9.78 Å². The Hall–Kier alpha value is -0.0300. The minimum absolute atomic E-state index is 0.0566. The molecule has 12 heavy (non-hydrogen) atoms. The Kier molecular flexibility index (Phi) is 2.54. The van der Waals surface area contributed by atoms with E-state index in [1.807, 2.05) is 4.68 Å². The first-order valence-corrected chi connectivity index (χ1v) is 5.12. The Morgan fingerprint density at radius 2 is 1.83 bits per heavy atom. The average Bonchev–Trinajstić information content (AvgIpc) is 2.15. The van der Waals surface area contributed by atoms with E-state index in [9.17, 15) is 0 Å². The Balaban J connectivity index is 3.28. The molecular weight excluding hydrogens is 286 g/mol. The second-order valence-electron chi connectivity index (χ2n) is 3.58. The molecule has 0 saturated carbocycles. The summed E-state index contributed by atoms with van der Waals surface area (Å²) in [6, 6.07) is 0. The van der Waals surface area contributed by atoms with Crippen molar-refractivity contribution in [3.05, 3.63) is 9.21 Å². The zero-order valence-electron chi connectivity index (χ0n) is 7.23. The van der Waals surface area contributed by atoms with E-state index >= 15 is 0 Å². The van der Waals surface area contributed by atoms with Crippen LogP contribution in [0.25, 0.3) is 0 Å². The Bertz CT molecular complexity index is 298. The number of nitrogen functional groups attached to an aromatic ring is 1. The highest BCUT2D eigenvalue weighted by Crippen LogP contribution is 2.31. The minimum atomic E-state index is -0.0566. The SMILES string of the molecule is CC(C)(C)n1nc(Br)c(N)c1Br. The van der Waals surface area contributed by atoms with Crippen LogP contribution in [-0.2, 0) is 5.54 Å². The van der Waals surface area contributed by atoms with Gasteiger partial charge in [0.15, 0.2) is 4.60 Å². The molecule has 0 spiro atoms. The molecule has 0 fully saturated rings. The van der Waals surface area contributed by atoms with Gasteiger partial charge in [0.2, 0.25) is 0 Å². The largest absolute Gasteiger partial charge is 0.394 e. The number of hydrogen-bond acceptors (Lipinski definition) is 2. The molecule has 0 aliphatic heterocycles. The Morgan fingerprint density at radius 1 is 1.33 bits per heavy atom. The normalized spacial score (nSPS) is 12.1. The molecule has 2 N–H and O–H groups in total. The van der Waals surface area contributed by atoms with E-state index in [0.717, 1.165) is 4.60 Å². The van der Waals surface area contributed by atoms with Crippen LogP contribution in [0, 0.1) is 0 Å². The van der Waals surface area contributed by atoms with Gasteiger partial charge in [-0.1, -0.05) is 0 Å². The molecule has 0 bridgehead atoms. The highest BCUT2D eigenvalue weighted by molar-refractivity contribution is 9.11. The third-order valence-electron chi connectivity index (χ3n) is 1.45. The van der Waals surface area contributed by atoms with Gasteiger partial charge in [-0.05, 0) is 52.6 Å². The van der Waals surface area contributed by atoms with E-state index in [0.29, 0.717) is 10.3 Å². The lowest BCUT2D eigenvalue weighted by Crippen LogP contribution is -2.23. The number of hydrogen-bond donors (Lipinski definition) is 1. The summed E-state index contributed by atoms with van der Waals surface area (Å²) in [6.07, 6.45) is 0. The summed E-state index contributed by atoms with van der Waals surface area (Å²) in [4.78, 5) is 0. The number of anilines is 1. The summed E-state index contributed by atoms with van der Waals surface area (Å²) in [5, 5.41) is 4.24. The van der Waals surface area contributed by atoms with Gasteiger partial charge in [0.25, 0.3) is 0 Å². The average molecular weight is 297 g/mol. The van der Waals surface area contributed by atoms with Crippen molar-refractivity contribution in [2.24, 2.45) is 0 Å². The quantitative estimate of drug-likeness (QED) is 0.800. The van der Waals surface area contributed by atoms with E-state index in [-0.39, 0.29) is 5.54 Å². The van der Waals surface area contributed by atoms with Crippen LogP contribution in [0.15, 0.2) is 9.21 Å². The molecule has 1 rings (SSSR count). The first kappa shape index (κ1) is 10.1. The van der Waals surface area contributed by atoms with Crippen molar-refractivity contribution >= 4 is 37.5 Å². The number of halogens is 2. The summed E-state index contributed by atoms with van der Waals surface area (Å²) >= 11 is 6.65. The van der Waals surface area contributed by atoms with Gasteiger partial charge in [-0.25, -0.2) is 4.68 Å². The highest BCUT2D eigenvalue weighted by Gasteiger charge is 2.20.